The first-order valence-electron chi connectivity index (χ1n) is 7.89. The third kappa shape index (κ3) is 3.15. The Hall–Kier alpha value is -2.87. The Morgan fingerprint density at radius 1 is 1.19 bits per heavy atom. The average molecular weight is 376 g/mol. The van der Waals surface area contributed by atoms with Gasteiger partial charge in [-0.25, -0.2) is 14.3 Å². The molecular formula is C17H18ClN5O3. The summed E-state index contributed by atoms with van der Waals surface area (Å²) in [7, 11) is 4.81. The molecule has 0 N–H and O–H groups in total. The minimum Gasteiger partial charge on any atom is -0.340 e. The van der Waals surface area contributed by atoms with Gasteiger partial charge in [0.25, 0.3) is 5.56 Å². The van der Waals surface area contributed by atoms with E-state index in [1.54, 1.807) is 26.2 Å². The van der Waals surface area contributed by atoms with Crippen molar-refractivity contribution in [2.45, 2.75) is 13.1 Å². The van der Waals surface area contributed by atoms with Gasteiger partial charge in [0.1, 0.15) is 6.54 Å². The molecule has 0 spiro atoms. The summed E-state index contributed by atoms with van der Waals surface area (Å²) < 4.78 is 3.74. The van der Waals surface area contributed by atoms with Crippen LogP contribution in [-0.4, -0.2) is 36.5 Å². The number of carbonyl (C=O) groups excluding carboxylic acids is 1. The predicted molar refractivity (Wildman–Crippen MR) is 98.1 cm³/mol. The SMILES string of the molecule is CN(Cc1ccc(Cl)cc1)C(=O)Cn1c(=O)c2c(ncn2C)n(C)c1=O. The Labute approximate surface area is 153 Å². The van der Waals surface area contributed by atoms with Gasteiger partial charge < -0.3 is 9.47 Å². The standard InChI is InChI=1S/C17H18ClN5O3/c1-20(8-11-4-6-12(18)7-5-11)13(24)9-23-16(25)14-15(19-10-21(14)2)22(3)17(23)26/h4-7,10H,8-9H2,1-3H3. The van der Waals surface area contributed by atoms with Crippen LogP contribution in [0.3, 0.4) is 0 Å². The van der Waals surface area contributed by atoms with E-state index >= 15 is 0 Å². The van der Waals surface area contributed by atoms with Gasteiger partial charge in [-0.1, -0.05) is 23.7 Å². The van der Waals surface area contributed by atoms with Crippen molar-refractivity contribution in [3.05, 3.63) is 62.0 Å². The third-order valence-electron chi connectivity index (χ3n) is 4.25. The minimum atomic E-state index is -0.575. The number of hydrogen-bond acceptors (Lipinski definition) is 4. The van der Waals surface area contributed by atoms with Crippen LogP contribution >= 0.6 is 11.6 Å². The van der Waals surface area contributed by atoms with Gasteiger partial charge in [0.2, 0.25) is 5.91 Å². The van der Waals surface area contributed by atoms with Crippen LogP contribution in [0.1, 0.15) is 5.56 Å². The van der Waals surface area contributed by atoms with Crippen LogP contribution in [0.4, 0.5) is 0 Å². The highest BCUT2D eigenvalue weighted by atomic mass is 35.5. The number of likely N-dealkylation sites (N-methyl/N-ethyl adjacent to an activating group) is 1. The van der Waals surface area contributed by atoms with Crippen LogP contribution in [0.15, 0.2) is 40.2 Å². The molecule has 3 aromatic rings. The minimum absolute atomic E-state index is 0.278. The fourth-order valence-electron chi connectivity index (χ4n) is 2.74. The monoisotopic (exact) mass is 375 g/mol. The van der Waals surface area contributed by atoms with Crippen LogP contribution in [0.2, 0.25) is 5.02 Å². The lowest BCUT2D eigenvalue weighted by molar-refractivity contribution is -0.131. The number of amides is 1. The summed E-state index contributed by atoms with van der Waals surface area (Å²) in [5.74, 6) is -0.347. The topological polar surface area (TPSA) is 82.1 Å². The molecule has 0 bridgehead atoms. The molecule has 0 saturated carbocycles. The van der Waals surface area contributed by atoms with Gasteiger partial charge in [-0.05, 0) is 17.7 Å². The first kappa shape index (κ1) is 17.9. The Morgan fingerprint density at radius 2 is 1.85 bits per heavy atom. The van der Waals surface area contributed by atoms with Crippen molar-refractivity contribution < 1.29 is 4.79 Å². The van der Waals surface area contributed by atoms with Crippen molar-refractivity contribution in [3.8, 4) is 0 Å². The second-order valence-corrected chi connectivity index (χ2v) is 6.57. The van der Waals surface area contributed by atoms with Crippen molar-refractivity contribution in [2.24, 2.45) is 14.1 Å². The maximum absolute atomic E-state index is 12.6. The number of nitrogens with zero attached hydrogens (tertiary/aromatic N) is 5. The van der Waals surface area contributed by atoms with Crippen LogP contribution in [0.5, 0.6) is 0 Å². The number of halogens is 1. The highest BCUT2D eigenvalue weighted by Gasteiger charge is 2.18. The second-order valence-electron chi connectivity index (χ2n) is 6.14. The molecule has 2 aromatic heterocycles. The van der Waals surface area contributed by atoms with Gasteiger partial charge in [-0.3, -0.25) is 14.2 Å². The van der Waals surface area contributed by atoms with E-state index in [1.165, 1.54) is 27.4 Å². The first-order chi connectivity index (χ1) is 12.3. The molecule has 8 nitrogen and oxygen atoms in total. The summed E-state index contributed by atoms with van der Waals surface area (Å²) in [4.78, 5) is 43.2. The van der Waals surface area contributed by atoms with E-state index in [-0.39, 0.29) is 18.0 Å². The first-order valence-corrected chi connectivity index (χ1v) is 8.26. The lowest BCUT2D eigenvalue weighted by Gasteiger charge is -2.18. The fourth-order valence-corrected chi connectivity index (χ4v) is 2.87. The molecule has 0 atom stereocenters. The molecule has 136 valence electrons. The number of benzene rings is 1. The number of aromatic nitrogens is 4. The number of hydrogen-bond donors (Lipinski definition) is 0. The molecule has 0 unspecified atom stereocenters. The van der Waals surface area contributed by atoms with E-state index < -0.39 is 11.2 Å². The summed E-state index contributed by atoms with van der Waals surface area (Å²) in [6.07, 6.45) is 1.46. The molecule has 2 heterocycles. The van der Waals surface area contributed by atoms with Crippen LogP contribution in [0.25, 0.3) is 11.2 Å². The quantitative estimate of drug-likeness (QED) is 0.673. The van der Waals surface area contributed by atoms with Gasteiger partial charge in [0.15, 0.2) is 11.2 Å². The van der Waals surface area contributed by atoms with E-state index in [0.717, 1.165) is 10.1 Å². The van der Waals surface area contributed by atoms with Gasteiger partial charge in [0.05, 0.1) is 6.33 Å². The lowest BCUT2D eigenvalue weighted by Crippen LogP contribution is -2.43. The predicted octanol–water partition coefficient (Wildman–Crippen LogP) is 0.746. The lowest BCUT2D eigenvalue weighted by atomic mass is 10.2. The summed E-state index contributed by atoms with van der Waals surface area (Å²) >= 11 is 5.86. The Kier molecular flexibility index (Phi) is 4.69. The van der Waals surface area contributed by atoms with Crippen molar-refractivity contribution in [2.75, 3.05) is 7.05 Å². The third-order valence-corrected chi connectivity index (χ3v) is 4.51. The van der Waals surface area contributed by atoms with E-state index in [1.807, 2.05) is 12.1 Å². The Bertz CT molecular complexity index is 1090. The molecule has 0 aliphatic heterocycles. The zero-order chi connectivity index (χ0) is 19.0. The number of fused-ring (bicyclic) bond motifs is 1. The zero-order valence-corrected chi connectivity index (χ0v) is 15.4. The van der Waals surface area contributed by atoms with Crippen molar-refractivity contribution in [3.63, 3.8) is 0 Å². The molecule has 0 radical (unpaired) electrons. The van der Waals surface area contributed by atoms with Crippen molar-refractivity contribution in [1.29, 1.82) is 0 Å². The summed E-state index contributed by atoms with van der Waals surface area (Å²) in [6, 6.07) is 7.12. The van der Waals surface area contributed by atoms with Gasteiger partial charge in [-0.2, -0.15) is 0 Å². The van der Waals surface area contributed by atoms with E-state index in [0.29, 0.717) is 17.2 Å². The zero-order valence-electron chi connectivity index (χ0n) is 14.6. The number of carbonyl (C=O) groups is 1. The number of imidazole rings is 1. The molecule has 3 rings (SSSR count). The molecule has 0 saturated heterocycles. The Balaban J connectivity index is 1.89. The molecular weight excluding hydrogens is 358 g/mol. The van der Waals surface area contributed by atoms with Gasteiger partial charge >= 0.3 is 5.69 Å². The largest absolute Gasteiger partial charge is 0.340 e. The molecule has 0 fully saturated rings. The summed E-state index contributed by atoms with van der Waals surface area (Å²) in [5.41, 5.74) is 0.361. The molecule has 0 aliphatic rings. The summed E-state index contributed by atoms with van der Waals surface area (Å²) in [5, 5.41) is 0.613. The molecule has 1 amide bonds. The van der Waals surface area contributed by atoms with Crippen LogP contribution in [-0.2, 0) is 32.0 Å². The van der Waals surface area contributed by atoms with Crippen LogP contribution in [0, 0.1) is 0 Å². The van der Waals surface area contributed by atoms with Crippen LogP contribution < -0.4 is 11.2 Å². The molecule has 1 aromatic carbocycles. The number of rotatable bonds is 4. The highest BCUT2D eigenvalue weighted by Crippen LogP contribution is 2.11. The van der Waals surface area contributed by atoms with E-state index in [2.05, 4.69) is 4.98 Å². The average Bonchev–Trinajstić information content (AvgIpc) is 3.00. The molecule has 0 aliphatic carbocycles. The number of aryl methyl sites for hydroxylation is 2. The smallest absolute Gasteiger partial charge is 0.332 e. The molecule has 9 heteroatoms. The van der Waals surface area contributed by atoms with Gasteiger partial charge in [0, 0.05) is 32.7 Å². The van der Waals surface area contributed by atoms with Crippen molar-refractivity contribution in [1.82, 2.24) is 23.6 Å². The maximum Gasteiger partial charge on any atom is 0.332 e. The normalized spacial score (nSPS) is 11.1. The Morgan fingerprint density at radius 3 is 2.50 bits per heavy atom. The van der Waals surface area contributed by atoms with E-state index in [4.69, 9.17) is 11.6 Å². The molecule has 26 heavy (non-hydrogen) atoms. The van der Waals surface area contributed by atoms with Crippen molar-refractivity contribution >= 4 is 28.7 Å². The summed E-state index contributed by atoms with van der Waals surface area (Å²) in [6.45, 7) is 0.00966. The fraction of sp³-hybridized carbons (Fsp3) is 0.294. The highest BCUT2D eigenvalue weighted by molar-refractivity contribution is 6.30. The maximum atomic E-state index is 12.6. The van der Waals surface area contributed by atoms with E-state index in [9.17, 15) is 14.4 Å². The second kappa shape index (κ2) is 6.80. The van der Waals surface area contributed by atoms with Gasteiger partial charge in [-0.15, -0.1) is 0 Å².